The Hall–Kier alpha value is -0.386. The smallest absolute Gasteiger partial charge is 1.00 e. The fourth-order valence-electron chi connectivity index (χ4n) is 2.59. The molecule has 25 heavy (non-hydrogen) atoms. The molecule has 0 saturated carbocycles. The molecule has 1 aliphatic carbocycles. The molecule has 0 heterocycles. The minimum absolute atomic E-state index is 0. The molecule has 2 aromatic carbocycles. The zero-order valence-electron chi connectivity index (χ0n) is 14.7. The van der Waals surface area contributed by atoms with Gasteiger partial charge in [0.15, 0.2) is 0 Å². The number of hydrogen-bond acceptors (Lipinski definition) is 2. The molecule has 0 saturated heterocycles. The number of aliphatic hydroxyl groups excluding tert-OH is 2. The van der Waals surface area contributed by atoms with Crippen molar-refractivity contribution in [3.05, 3.63) is 64.9 Å². The molecule has 0 bridgehead atoms. The number of fused-ring (bicyclic) bond motifs is 3. The quantitative estimate of drug-likeness (QED) is 0.480. The summed E-state index contributed by atoms with van der Waals surface area (Å²) in [5.41, 5.74) is 12.4. The molecule has 0 fully saturated rings. The van der Waals surface area contributed by atoms with Crippen LogP contribution in [0.4, 0.5) is 0 Å². The number of nitrogens with one attached hydrogen (secondary N) is 1. The van der Waals surface area contributed by atoms with Gasteiger partial charge in [-0.15, -0.1) is 5.54 Å². The van der Waals surface area contributed by atoms with Gasteiger partial charge in [0.05, 0.1) is 6.61 Å². The van der Waals surface area contributed by atoms with Crippen molar-refractivity contribution in [2.75, 3.05) is 6.61 Å². The third kappa shape index (κ3) is 7.40. The number of aliphatic hydroxyl groups is 2. The normalized spacial score (nSPS) is 12.1. The summed E-state index contributed by atoms with van der Waals surface area (Å²) in [4.78, 5) is 0. The van der Waals surface area contributed by atoms with E-state index in [0.29, 0.717) is 0 Å². The summed E-state index contributed by atoms with van der Waals surface area (Å²) < 4.78 is 0. The van der Waals surface area contributed by atoms with E-state index in [1.54, 1.807) is 0 Å². The summed E-state index contributed by atoms with van der Waals surface area (Å²) in [5, 5.41) is 18.9. The van der Waals surface area contributed by atoms with E-state index < -0.39 is 6.10 Å². The van der Waals surface area contributed by atoms with Crippen LogP contribution in [-0.2, 0) is 28.1 Å². The Morgan fingerprint density at radius 1 is 1.00 bits per heavy atom. The van der Waals surface area contributed by atoms with E-state index in [1.165, 1.54) is 16.7 Å². The molecule has 135 valence electrons. The molecule has 0 amide bonds. The molecule has 0 spiro atoms. The average Bonchev–Trinajstić information content (AvgIpc) is 2.83. The summed E-state index contributed by atoms with van der Waals surface area (Å²) in [5.74, 6) is 0. The van der Waals surface area contributed by atoms with E-state index in [4.69, 9.17) is 10.8 Å². The maximum absolute atomic E-state index is 9.82. The van der Waals surface area contributed by atoms with Crippen molar-refractivity contribution < 1.29 is 56.7 Å². The van der Waals surface area contributed by atoms with Gasteiger partial charge in [0, 0.05) is 0 Å². The minimum atomic E-state index is -0.778. The zero-order chi connectivity index (χ0) is 16.3. The van der Waals surface area contributed by atoms with E-state index in [1.807, 2.05) is 45.0 Å². The van der Waals surface area contributed by atoms with Crippen LogP contribution < -0.4 is 24.8 Å². The summed E-state index contributed by atoms with van der Waals surface area (Å²) in [6.07, 6.45) is 0.0675. The van der Waals surface area contributed by atoms with Crippen molar-refractivity contribution in [2.45, 2.75) is 38.8 Å². The molecule has 3 N–H and O–H groups in total. The fourth-order valence-corrected chi connectivity index (χ4v) is 2.59. The maximum atomic E-state index is 9.82. The van der Waals surface area contributed by atoms with E-state index in [2.05, 4.69) is 18.2 Å². The van der Waals surface area contributed by atoms with Crippen LogP contribution in [0.2, 0.25) is 0 Å². The second-order valence-electron chi connectivity index (χ2n) is 6.66. The second-order valence-corrected chi connectivity index (χ2v) is 6.66. The first-order valence-electron chi connectivity index (χ1n) is 7.55. The largest absolute Gasteiger partial charge is 3.00 e. The number of benzene rings is 2. The Labute approximate surface area is 177 Å². The molecule has 3 rings (SSSR count). The molecule has 2 aromatic rings. The van der Waals surface area contributed by atoms with Gasteiger partial charge < -0.3 is 40.8 Å². The van der Waals surface area contributed by atoms with Crippen molar-refractivity contribution in [2.24, 2.45) is 0 Å². The van der Waals surface area contributed by atoms with E-state index in [0.717, 1.165) is 17.5 Å². The van der Waals surface area contributed by atoms with Crippen LogP contribution in [0.3, 0.4) is 0 Å². The van der Waals surface area contributed by atoms with Gasteiger partial charge in [-0.3, -0.25) is 0 Å². The van der Waals surface area contributed by atoms with Crippen molar-refractivity contribution in [3.63, 3.8) is 0 Å². The molecular weight excluding hydrogens is 393 g/mol. The number of hydrogen-bond donors (Lipinski definition) is 2. The van der Waals surface area contributed by atoms with Crippen LogP contribution in [0, 0.1) is 0 Å². The Morgan fingerprint density at radius 3 is 2.08 bits per heavy atom. The Morgan fingerprint density at radius 2 is 1.52 bits per heavy atom. The Balaban J connectivity index is 0. The molecule has 3 nitrogen and oxygen atoms in total. The summed E-state index contributed by atoms with van der Waals surface area (Å²) >= 11 is 0. The van der Waals surface area contributed by atoms with Gasteiger partial charge in [0.1, 0.15) is 6.10 Å². The monoisotopic (exact) mass is 416 g/mol. The van der Waals surface area contributed by atoms with E-state index in [9.17, 15) is 5.11 Å². The van der Waals surface area contributed by atoms with Gasteiger partial charge in [0.2, 0.25) is 0 Å². The van der Waals surface area contributed by atoms with Crippen LogP contribution in [0.1, 0.15) is 43.6 Å². The van der Waals surface area contributed by atoms with Gasteiger partial charge in [-0.2, -0.15) is 0 Å². The topological polar surface area (TPSA) is 64.3 Å². The maximum Gasteiger partial charge on any atom is 3.00 e. The van der Waals surface area contributed by atoms with Crippen molar-refractivity contribution in [3.8, 4) is 11.1 Å². The van der Waals surface area contributed by atoms with Crippen molar-refractivity contribution in [1.29, 1.82) is 0 Å². The number of halogens is 2. The van der Waals surface area contributed by atoms with E-state index >= 15 is 0 Å². The van der Waals surface area contributed by atoms with Crippen molar-refractivity contribution >= 4 is 0 Å². The Kier molecular flexibility index (Phi) is 12.2. The molecule has 1 radical (unpaired) electrons. The molecule has 1 unspecified atom stereocenters. The van der Waals surface area contributed by atoms with Gasteiger partial charge in [-0.1, -0.05) is 63.2 Å². The minimum Gasteiger partial charge on any atom is -1.00 e. The van der Waals surface area contributed by atoms with Crippen LogP contribution in [0.15, 0.2) is 42.5 Å². The molecular formula is C19H24Cl2NO2Ti. The molecule has 1 atom stereocenters. The first-order chi connectivity index (χ1) is 10.3. The van der Waals surface area contributed by atoms with Gasteiger partial charge in [-0.05, 0) is 34.2 Å². The summed E-state index contributed by atoms with van der Waals surface area (Å²) in [6.45, 7) is 5.33. The van der Waals surface area contributed by atoms with E-state index in [-0.39, 0.29) is 58.7 Å². The molecule has 0 aliphatic heterocycles. The first-order valence-corrected chi connectivity index (χ1v) is 7.55. The second kappa shape index (κ2) is 11.4. The zero-order valence-corrected chi connectivity index (χ0v) is 17.8. The molecule has 6 heteroatoms. The average molecular weight is 417 g/mol. The van der Waals surface area contributed by atoms with Gasteiger partial charge in [-0.25, -0.2) is 0 Å². The predicted octanol–water partition coefficient (Wildman–Crippen LogP) is -1.87. The predicted molar refractivity (Wildman–Crippen MR) is 90.8 cm³/mol. The van der Waals surface area contributed by atoms with Gasteiger partial charge in [0.25, 0.3) is 0 Å². The first kappa shape index (κ1) is 26.8. The SMILES string of the molecule is CC(C)(C)[NH-].OCC(O)c1cccc2c1Cc1ccccc1-2.[Cl-].[Cl-].[Ti+3]. The van der Waals surface area contributed by atoms with Crippen molar-refractivity contribution in [1.82, 2.24) is 0 Å². The van der Waals surface area contributed by atoms with Crippen LogP contribution in [-0.4, -0.2) is 22.4 Å². The van der Waals surface area contributed by atoms with Crippen LogP contribution >= 0.6 is 0 Å². The van der Waals surface area contributed by atoms with Gasteiger partial charge >= 0.3 is 21.7 Å². The summed E-state index contributed by atoms with van der Waals surface area (Å²) in [7, 11) is 0. The molecule has 0 aromatic heterocycles. The molecule has 1 aliphatic rings. The Bertz CT molecular complexity index is 654. The number of rotatable bonds is 2. The fraction of sp³-hybridized carbons (Fsp3) is 0.368. The standard InChI is InChI=1S/C15H14O2.C4H10N.2ClH.Ti/c16-9-15(17)13-7-3-6-12-11-5-2-1-4-10(11)8-14(12)13;1-4(2,3)5;;;/h1-7,15-17H,8-9H2;5H,1-3H3;2*1H;/q;-1;;;+3/p-2. The summed E-state index contributed by atoms with van der Waals surface area (Å²) in [6, 6.07) is 14.2. The van der Waals surface area contributed by atoms with Crippen LogP contribution in [0.25, 0.3) is 16.9 Å². The third-order valence-corrected chi connectivity index (χ3v) is 3.42. The van der Waals surface area contributed by atoms with Crippen LogP contribution in [0.5, 0.6) is 0 Å². The third-order valence-electron chi connectivity index (χ3n) is 3.42.